The number of phosphoric ester groups is 2. The van der Waals surface area contributed by atoms with E-state index in [-0.39, 0.29) is 88.1 Å². The Morgan fingerprint density at radius 1 is 0.306 bits per heavy atom. The molecule has 0 heterocycles. The Morgan fingerprint density at radius 3 is 0.852 bits per heavy atom. The maximum absolute atomic E-state index is 13.3. The summed E-state index contributed by atoms with van der Waals surface area (Å²) in [7, 11) is -10.1. The molecule has 0 aliphatic heterocycles. The summed E-state index contributed by atoms with van der Waals surface area (Å²) in [6.07, 6.45) is 51.9. The van der Waals surface area contributed by atoms with Gasteiger partial charge < -0.3 is 68.1 Å². The highest BCUT2D eigenvalue weighted by Crippen LogP contribution is 2.39. The van der Waals surface area contributed by atoms with Crippen molar-refractivity contribution in [2.45, 2.75) is 425 Å². The molecule has 0 spiro atoms. The van der Waals surface area contributed by atoms with Gasteiger partial charge in [-0.05, 0) is 51.4 Å². The van der Waals surface area contributed by atoms with E-state index in [0.29, 0.717) is 51.4 Å². The van der Waals surface area contributed by atoms with Crippen LogP contribution in [-0.4, -0.2) is 132 Å². The molecule has 0 saturated heterocycles. The minimum Gasteiger partial charge on any atom is -0.756 e. The number of ketones is 2. The first-order valence-electron chi connectivity index (χ1n) is 43.7. The third-order valence-electron chi connectivity index (χ3n) is 19.3. The number of rotatable bonds is 84. The molecule has 108 heavy (non-hydrogen) atoms. The van der Waals surface area contributed by atoms with E-state index in [2.05, 4.69) is 62.8 Å². The van der Waals surface area contributed by atoms with Crippen LogP contribution in [-0.2, 0) is 74.9 Å². The quantitative estimate of drug-likeness (QED) is 0.0190. The zero-order chi connectivity index (χ0) is 79.5. The normalized spacial score (nSPS) is 13.8. The Balaban J connectivity index is 5.68. The number of esters is 2. The molecule has 4 N–H and O–H groups in total. The van der Waals surface area contributed by atoms with Crippen molar-refractivity contribution in [3.8, 4) is 0 Å². The minimum absolute atomic E-state index is 0.134. The van der Waals surface area contributed by atoms with Gasteiger partial charge in [-0.2, -0.15) is 0 Å². The van der Waals surface area contributed by atoms with Gasteiger partial charge in [-0.25, -0.2) is 4.79 Å². The van der Waals surface area contributed by atoms with Crippen LogP contribution in [0.15, 0.2) is 0 Å². The predicted molar refractivity (Wildman–Crippen MR) is 428 cm³/mol. The van der Waals surface area contributed by atoms with Crippen molar-refractivity contribution in [2.24, 2.45) is 0 Å². The van der Waals surface area contributed by atoms with Crippen molar-refractivity contribution in [1.82, 2.24) is 21.3 Å². The summed E-state index contributed by atoms with van der Waals surface area (Å²) < 4.78 is 70.5. The van der Waals surface area contributed by atoms with Crippen LogP contribution < -0.4 is 31.1 Å². The van der Waals surface area contributed by atoms with Crippen molar-refractivity contribution in [2.75, 3.05) is 65.9 Å². The number of carbonyl (C=O) groups excluding carboxylic acids is 7. The highest BCUT2D eigenvalue weighted by molar-refractivity contribution is 7.46. The first kappa shape index (κ1) is 105. The second kappa shape index (κ2) is 76.3. The van der Waals surface area contributed by atoms with Gasteiger partial charge >= 0.3 is 18.0 Å². The molecule has 6 atom stereocenters. The number of unbranched alkanes of at least 4 members (excludes halogenated alkanes) is 40. The van der Waals surface area contributed by atoms with Crippen molar-refractivity contribution in [3.63, 3.8) is 0 Å². The van der Waals surface area contributed by atoms with E-state index in [0.717, 1.165) is 167 Å². The fraction of sp³-hybridized carbons (Fsp3) is 0.916. The summed E-state index contributed by atoms with van der Waals surface area (Å²) >= 11 is 0. The van der Waals surface area contributed by atoms with Crippen LogP contribution in [0.25, 0.3) is 0 Å². The van der Waals surface area contributed by atoms with Gasteiger partial charge in [0.05, 0.1) is 77.8 Å². The molecule has 0 fully saturated rings. The molecule has 25 heteroatoms. The smallest absolute Gasteiger partial charge is 0.314 e. The molecular weight excluding hydrogens is 1420 g/mol. The molecule has 636 valence electrons. The average Bonchev–Trinajstić information content (AvgIpc) is 0.914. The number of phosphoric acid groups is 2. The molecule has 0 aliphatic rings. The molecule has 2 unspecified atom stereocenters. The first-order chi connectivity index (χ1) is 52.3. The largest absolute Gasteiger partial charge is 0.756 e. The van der Waals surface area contributed by atoms with E-state index in [1.165, 1.54) is 116 Å². The van der Waals surface area contributed by atoms with Crippen molar-refractivity contribution in [3.05, 3.63) is 0 Å². The van der Waals surface area contributed by atoms with Gasteiger partial charge in [-0.3, -0.25) is 37.9 Å². The van der Waals surface area contributed by atoms with Gasteiger partial charge in [-0.15, -0.1) is 0 Å². The molecule has 0 aromatic carbocycles. The van der Waals surface area contributed by atoms with Gasteiger partial charge in [0.1, 0.15) is 23.8 Å². The number of Topliss-reactive ketones (excluding diaryl/α,β-unsaturated/α-hetero) is 2. The monoisotopic (exact) mass is 1580 g/mol. The zero-order valence-electron chi connectivity index (χ0n) is 69.1. The topological polar surface area (TPSA) is 322 Å². The molecule has 0 bridgehead atoms. The van der Waals surface area contributed by atoms with Gasteiger partial charge in [0.25, 0.3) is 15.6 Å². The van der Waals surface area contributed by atoms with E-state index >= 15 is 0 Å². The summed E-state index contributed by atoms with van der Waals surface area (Å²) in [5.41, 5.74) is 0. The molecule has 0 aliphatic carbocycles. The lowest BCUT2D eigenvalue weighted by atomic mass is 10.0. The van der Waals surface area contributed by atoms with Crippen molar-refractivity contribution < 1.29 is 89.5 Å². The molecule has 0 rings (SSSR count). The van der Waals surface area contributed by atoms with Gasteiger partial charge in [0, 0.05) is 51.6 Å². The first-order valence-corrected chi connectivity index (χ1v) is 46.6. The zero-order valence-corrected chi connectivity index (χ0v) is 70.9. The fourth-order valence-corrected chi connectivity index (χ4v) is 14.3. The highest BCUT2D eigenvalue weighted by Gasteiger charge is 2.24. The third kappa shape index (κ3) is 72.8. The van der Waals surface area contributed by atoms with Crippen LogP contribution in [0.5, 0.6) is 0 Å². The third-order valence-corrected chi connectivity index (χ3v) is 21.3. The average molecular weight is 1580 g/mol. The fourth-order valence-electron chi connectivity index (χ4n) is 12.8. The van der Waals surface area contributed by atoms with E-state index < -0.39 is 84.8 Å². The SMILES string of the molecule is CCCCCCCCCCCC(=O)CC(=O)N[C@H](COCC[C@@H](CCCCCCC)OC(=O)CCCCCCCCCCC)COP(=O)([O-])OCCNC(=O)NCCOP(=O)([O-])OC[C@@H](COCC[C@@H](CCCCCCC)OC(=O)CCCCCCCCCCC)NC(=O)CC(=O)CCCCCCCCCCC. The molecule has 0 aromatic rings. The Hall–Kier alpha value is -3.37. The summed E-state index contributed by atoms with van der Waals surface area (Å²) in [5.74, 6) is -2.19. The van der Waals surface area contributed by atoms with Gasteiger partial charge in [0.2, 0.25) is 11.8 Å². The maximum atomic E-state index is 13.3. The number of carbonyl (C=O) groups is 7. The Kier molecular flexibility index (Phi) is 73.9. The van der Waals surface area contributed by atoms with Crippen molar-refractivity contribution in [1.29, 1.82) is 0 Å². The number of hydrogen-bond donors (Lipinski definition) is 4. The van der Waals surface area contributed by atoms with Gasteiger partial charge in [0.15, 0.2) is 0 Å². The summed E-state index contributed by atoms with van der Waals surface area (Å²) in [6, 6.07) is -2.86. The lowest BCUT2D eigenvalue weighted by molar-refractivity contribution is -0.227. The lowest BCUT2D eigenvalue weighted by Gasteiger charge is -2.26. The predicted octanol–water partition coefficient (Wildman–Crippen LogP) is 19.2. The van der Waals surface area contributed by atoms with E-state index in [9.17, 15) is 52.5 Å². The van der Waals surface area contributed by atoms with Crippen LogP contribution in [0.2, 0.25) is 0 Å². The van der Waals surface area contributed by atoms with Crippen LogP contribution in [0.3, 0.4) is 0 Å². The summed E-state index contributed by atoms with van der Waals surface area (Å²) in [5, 5.41) is 10.2. The Bertz CT molecular complexity index is 2120. The number of nitrogens with one attached hydrogen (secondary N) is 4. The van der Waals surface area contributed by atoms with Crippen LogP contribution in [0, 0.1) is 0 Å². The summed E-state index contributed by atoms with van der Waals surface area (Å²) in [6.45, 7) is 10.0. The maximum Gasteiger partial charge on any atom is 0.314 e. The number of amides is 4. The Labute approximate surface area is 656 Å². The summed E-state index contributed by atoms with van der Waals surface area (Å²) in [4.78, 5) is 117. The van der Waals surface area contributed by atoms with E-state index in [1.54, 1.807) is 0 Å². The van der Waals surface area contributed by atoms with Crippen LogP contribution >= 0.6 is 15.6 Å². The molecule has 0 aromatic heterocycles. The highest BCUT2D eigenvalue weighted by atomic mass is 31.2. The molecule has 23 nitrogen and oxygen atoms in total. The molecule has 4 amide bonds. The number of hydrogen-bond acceptors (Lipinski definition) is 19. The molecule has 0 saturated carbocycles. The lowest BCUT2D eigenvalue weighted by Crippen LogP contribution is -2.42. The van der Waals surface area contributed by atoms with Crippen LogP contribution in [0.4, 0.5) is 4.79 Å². The minimum atomic E-state index is -5.06. The van der Waals surface area contributed by atoms with Gasteiger partial charge in [-0.1, -0.05) is 298 Å². The Morgan fingerprint density at radius 2 is 0.565 bits per heavy atom. The number of ether oxygens (including phenoxy) is 4. The van der Waals surface area contributed by atoms with E-state index in [1.807, 2.05) is 0 Å². The standard InChI is InChI=1S/C83H160N4O19P2/c1-7-13-19-25-29-33-37-43-47-53-75(88)67-79(90)86-73(69-99-63-59-77(55-49-41-23-17-11-5)105-81(92)57-51-45-39-35-31-27-21-15-9-3)71-103-107(95,96)101-65-61-84-83(94)85-62-66-102-108(97,98)104-72-74(87-80(91)68-76(89)54-48-44-38-34-30-26-20-14-8-2)70-100-64-60-78(56-50-42-24-18-12-6)106-82(93)58-52-46-40-36-32-28-22-16-10-4/h73-74,77-78H,7-72H2,1-6H3,(H,86,90)(H,87,91)(H,95,96)(H,97,98)(H2,84,85,94)/p-2/t73-,74-,77-,78-/m1/s1. The van der Waals surface area contributed by atoms with Crippen molar-refractivity contribution >= 4 is 57.0 Å². The second-order valence-corrected chi connectivity index (χ2v) is 32.8. The number of urea groups is 1. The molecular formula is C83H158N4O19P2-2. The second-order valence-electron chi connectivity index (χ2n) is 30.0. The van der Waals surface area contributed by atoms with E-state index in [4.69, 9.17) is 37.0 Å². The molecule has 0 radical (unpaired) electrons. The van der Waals surface area contributed by atoms with Crippen LogP contribution in [0.1, 0.15) is 401 Å².